The molecule has 21 heavy (non-hydrogen) atoms. The van der Waals surface area contributed by atoms with Gasteiger partial charge < -0.3 is 19.7 Å². The highest BCUT2D eigenvalue weighted by Gasteiger charge is 2.35. The predicted octanol–water partition coefficient (Wildman–Crippen LogP) is 0.963. The summed E-state index contributed by atoms with van der Waals surface area (Å²) in [4.78, 5) is 14.5. The third-order valence-electron chi connectivity index (χ3n) is 4.09. The van der Waals surface area contributed by atoms with Crippen molar-refractivity contribution in [2.45, 2.75) is 25.2 Å². The molecule has 0 radical (unpaired) electrons. The van der Waals surface area contributed by atoms with Gasteiger partial charge in [-0.15, -0.1) is 0 Å². The Balaban J connectivity index is 1.69. The second-order valence-electron chi connectivity index (χ2n) is 5.64. The van der Waals surface area contributed by atoms with Crippen LogP contribution < -0.4 is 5.32 Å². The van der Waals surface area contributed by atoms with E-state index < -0.39 is 0 Å². The fraction of sp³-hybridized carbons (Fsp3) is 0.562. The van der Waals surface area contributed by atoms with Gasteiger partial charge >= 0.3 is 0 Å². The minimum Gasteiger partial charge on any atom is -0.370 e. The molecule has 0 aliphatic carbocycles. The van der Waals surface area contributed by atoms with Crippen molar-refractivity contribution in [3.05, 3.63) is 35.9 Å². The van der Waals surface area contributed by atoms with Crippen molar-refractivity contribution in [3.8, 4) is 0 Å². The van der Waals surface area contributed by atoms with Gasteiger partial charge in [-0.05, 0) is 12.5 Å². The van der Waals surface area contributed by atoms with Crippen molar-refractivity contribution in [1.82, 2.24) is 10.2 Å². The van der Waals surface area contributed by atoms with Crippen molar-refractivity contribution in [2.24, 2.45) is 0 Å². The summed E-state index contributed by atoms with van der Waals surface area (Å²) in [6, 6.07) is 10.2. The van der Waals surface area contributed by atoms with Crippen LogP contribution in [0, 0.1) is 0 Å². The van der Waals surface area contributed by atoms with E-state index in [0.717, 1.165) is 12.1 Å². The number of nitrogens with zero attached hydrogens (tertiary/aromatic N) is 1. The lowest BCUT2D eigenvalue weighted by atomic mass is 10.1. The van der Waals surface area contributed by atoms with Crippen LogP contribution in [0.3, 0.4) is 0 Å². The van der Waals surface area contributed by atoms with Gasteiger partial charge in [0.05, 0.1) is 25.8 Å². The van der Waals surface area contributed by atoms with Crippen LogP contribution in [-0.2, 0) is 14.3 Å². The number of carbonyl (C=O) groups excluding carboxylic acids is 1. The monoisotopic (exact) mass is 290 g/mol. The van der Waals surface area contributed by atoms with Gasteiger partial charge in [0, 0.05) is 13.1 Å². The highest BCUT2D eigenvalue weighted by molar-refractivity contribution is 5.81. The molecule has 1 amide bonds. The molecule has 1 aromatic carbocycles. The number of rotatable bonds is 2. The predicted molar refractivity (Wildman–Crippen MR) is 78.9 cm³/mol. The first-order valence-electron chi connectivity index (χ1n) is 7.55. The molecule has 0 bridgehead atoms. The maximum atomic E-state index is 12.6. The van der Waals surface area contributed by atoms with Crippen LogP contribution in [0.1, 0.15) is 18.6 Å². The summed E-state index contributed by atoms with van der Waals surface area (Å²) < 4.78 is 11.5. The molecular formula is C16H22N2O3. The highest BCUT2D eigenvalue weighted by Crippen LogP contribution is 2.25. The number of amides is 1. The maximum Gasteiger partial charge on any atom is 0.253 e. The van der Waals surface area contributed by atoms with Crippen LogP contribution in [0.5, 0.6) is 0 Å². The summed E-state index contributed by atoms with van der Waals surface area (Å²) in [6.07, 6.45) is -0.418. The van der Waals surface area contributed by atoms with Gasteiger partial charge in [0.25, 0.3) is 5.91 Å². The Morgan fingerprint density at radius 1 is 1.29 bits per heavy atom. The lowest BCUT2D eigenvalue weighted by Crippen LogP contribution is -2.55. The smallest absolute Gasteiger partial charge is 0.253 e. The highest BCUT2D eigenvalue weighted by atomic mass is 16.5. The summed E-state index contributed by atoms with van der Waals surface area (Å²) in [6.45, 7) is 5.18. The van der Waals surface area contributed by atoms with Gasteiger partial charge in [-0.3, -0.25) is 4.79 Å². The topological polar surface area (TPSA) is 50.8 Å². The minimum atomic E-state index is -0.365. The standard InChI is InChI=1S/C16H22N2O3/c1-12-11-21-15(13-5-3-2-4-6-13)10-18(12)16(19)14-9-17-7-8-20-14/h2-6,12,14-15,17H,7-11H2,1H3. The molecule has 5 heteroatoms. The lowest BCUT2D eigenvalue weighted by molar-refractivity contribution is -0.157. The van der Waals surface area contributed by atoms with Crippen LogP contribution in [0.2, 0.25) is 0 Å². The van der Waals surface area contributed by atoms with E-state index in [1.807, 2.05) is 42.2 Å². The van der Waals surface area contributed by atoms with Crippen molar-refractivity contribution in [3.63, 3.8) is 0 Å². The molecule has 2 aliphatic heterocycles. The molecule has 114 valence electrons. The molecule has 2 heterocycles. The Labute approximate surface area is 125 Å². The number of hydrogen-bond donors (Lipinski definition) is 1. The average molecular weight is 290 g/mol. The molecule has 1 aromatic rings. The molecule has 0 aromatic heterocycles. The molecular weight excluding hydrogens is 268 g/mol. The van der Waals surface area contributed by atoms with Crippen LogP contribution >= 0.6 is 0 Å². The van der Waals surface area contributed by atoms with Crippen LogP contribution in [0.4, 0.5) is 0 Å². The minimum absolute atomic E-state index is 0.0529. The zero-order chi connectivity index (χ0) is 14.7. The molecule has 0 saturated carbocycles. The summed E-state index contributed by atoms with van der Waals surface area (Å²) in [5, 5.41) is 3.21. The summed E-state index contributed by atoms with van der Waals surface area (Å²) in [5.74, 6) is 0.0685. The van der Waals surface area contributed by atoms with Gasteiger partial charge in [-0.1, -0.05) is 30.3 Å². The summed E-state index contributed by atoms with van der Waals surface area (Å²) >= 11 is 0. The van der Waals surface area contributed by atoms with E-state index in [2.05, 4.69) is 5.32 Å². The summed E-state index contributed by atoms with van der Waals surface area (Å²) in [7, 11) is 0. The van der Waals surface area contributed by atoms with Gasteiger partial charge in [-0.2, -0.15) is 0 Å². The van der Waals surface area contributed by atoms with E-state index in [0.29, 0.717) is 26.3 Å². The molecule has 2 fully saturated rings. The molecule has 1 N–H and O–H groups in total. The lowest BCUT2D eigenvalue weighted by Gasteiger charge is -2.40. The van der Waals surface area contributed by atoms with E-state index in [4.69, 9.17) is 9.47 Å². The van der Waals surface area contributed by atoms with Crippen molar-refractivity contribution >= 4 is 5.91 Å². The first-order chi connectivity index (χ1) is 10.3. The van der Waals surface area contributed by atoms with Gasteiger partial charge in [-0.25, -0.2) is 0 Å². The third-order valence-corrected chi connectivity index (χ3v) is 4.09. The quantitative estimate of drug-likeness (QED) is 0.881. The Bertz CT molecular complexity index is 474. The first-order valence-corrected chi connectivity index (χ1v) is 7.55. The number of benzene rings is 1. The molecule has 2 saturated heterocycles. The number of ether oxygens (including phenoxy) is 2. The first kappa shape index (κ1) is 14.5. The van der Waals surface area contributed by atoms with Crippen molar-refractivity contribution in [2.75, 3.05) is 32.8 Å². The van der Waals surface area contributed by atoms with E-state index in [1.54, 1.807) is 0 Å². The molecule has 3 unspecified atom stereocenters. The molecule has 5 nitrogen and oxygen atoms in total. The van der Waals surface area contributed by atoms with Crippen LogP contribution in [0.25, 0.3) is 0 Å². The number of carbonyl (C=O) groups is 1. The van der Waals surface area contributed by atoms with Gasteiger partial charge in [0.1, 0.15) is 12.2 Å². The largest absolute Gasteiger partial charge is 0.370 e. The Morgan fingerprint density at radius 2 is 2.10 bits per heavy atom. The Morgan fingerprint density at radius 3 is 2.81 bits per heavy atom. The zero-order valence-corrected chi connectivity index (χ0v) is 12.3. The average Bonchev–Trinajstić information content (AvgIpc) is 2.56. The van der Waals surface area contributed by atoms with E-state index in [1.165, 1.54) is 0 Å². The summed E-state index contributed by atoms with van der Waals surface area (Å²) in [5.41, 5.74) is 1.12. The number of morpholine rings is 2. The fourth-order valence-electron chi connectivity index (χ4n) is 2.84. The van der Waals surface area contributed by atoms with Crippen molar-refractivity contribution in [1.29, 1.82) is 0 Å². The molecule has 3 rings (SSSR count). The van der Waals surface area contributed by atoms with E-state index >= 15 is 0 Å². The molecule has 3 atom stereocenters. The number of hydrogen-bond acceptors (Lipinski definition) is 4. The van der Waals surface area contributed by atoms with E-state index in [9.17, 15) is 4.79 Å². The third kappa shape index (κ3) is 3.26. The van der Waals surface area contributed by atoms with Crippen LogP contribution in [0.15, 0.2) is 30.3 Å². The van der Waals surface area contributed by atoms with Gasteiger partial charge in [0.15, 0.2) is 0 Å². The SMILES string of the molecule is CC1COC(c2ccccc2)CN1C(=O)C1CNCCO1. The second-order valence-corrected chi connectivity index (χ2v) is 5.64. The maximum absolute atomic E-state index is 12.6. The van der Waals surface area contributed by atoms with Gasteiger partial charge in [0.2, 0.25) is 0 Å². The Hall–Kier alpha value is -1.43. The normalized spacial score (nSPS) is 30.1. The fourth-order valence-corrected chi connectivity index (χ4v) is 2.84. The Kier molecular flexibility index (Phi) is 4.53. The zero-order valence-electron chi connectivity index (χ0n) is 12.3. The number of nitrogens with one attached hydrogen (secondary N) is 1. The van der Waals surface area contributed by atoms with E-state index in [-0.39, 0.29) is 24.2 Å². The second kappa shape index (κ2) is 6.56. The molecule has 2 aliphatic rings. The van der Waals surface area contributed by atoms with Crippen LogP contribution in [-0.4, -0.2) is 55.8 Å². The molecule has 0 spiro atoms. The van der Waals surface area contributed by atoms with Crippen molar-refractivity contribution < 1.29 is 14.3 Å².